The van der Waals surface area contributed by atoms with Crippen LogP contribution in [0, 0.1) is 6.92 Å². The summed E-state index contributed by atoms with van der Waals surface area (Å²) in [6, 6.07) is 11.7. The van der Waals surface area contributed by atoms with Crippen molar-refractivity contribution < 1.29 is 9.90 Å². The van der Waals surface area contributed by atoms with Crippen molar-refractivity contribution in [2.24, 2.45) is 0 Å². The van der Waals surface area contributed by atoms with Crippen LogP contribution in [0.3, 0.4) is 0 Å². The van der Waals surface area contributed by atoms with Gasteiger partial charge in [0.1, 0.15) is 0 Å². The SMILES string of the molecule is Cc1cc(C(=O)O)nn1CCc1ccccc1. The summed E-state index contributed by atoms with van der Waals surface area (Å²) in [4.78, 5) is 10.8. The minimum Gasteiger partial charge on any atom is -0.476 e. The highest BCUT2D eigenvalue weighted by Crippen LogP contribution is 2.06. The zero-order valence-electron chi connectivity index (χ0n) is 9.63. The summed E-state index contributed by atoms with van der Waals surface area (Å²) < 4.78 is 1.73. The van der Waals surface area contributed by atoms with Gasteiger partial charge in [-0.3, -0.25) is 4.68 Å². The van der Waals surface area contributed by atoms with E-state index in [4.69, 9.17) is 5.11 Å². The van der Waals surface area contributed by atoms with Gasteiger partial charge >= 0.3 is 5.97 Å². The van der Waals surface area contributed by atoms with E-state index in [0.717, 1.165) is 12.1 Å². The maximum atomic E-state index is 10.8. The van der Waals surface area contributed by atoms with E-state index >= 15 is 0 Å². The number of aromatic carboxylic acids is 1. The molecule has 0 bridgehead atoms. The van der Waals surface area contributed by atoms with Gasteiger partial charge in [-0.1, -0.05) is 30.3 Å². The summed E-state index contributed by atoms with van der Waals surface area (Å²) in [6.45, 7) is 2.56. The number of aryl methyl sites for hydroxylation is 3. The monoisotopic (exact) mass is 230 g/mol. The third-order valence-electron chi connectivity index (χ3n) is 2.66. The normalized spacial score (nSPS) is 10.4. The number of hydrogen-bond acceptors (Lipinski definition) is 2. The van der Waals surface area contributed by atoms with Gasteiger partial charge in [-0.05, 0) is 25.0 Å². The minimum atomic E-state index is -0.980. The highest BCUT2D eigenvalue weighted by molar-refractivity contribution is 5.85. The molecule has 4 heteroatoms. The number of nitrogens with zero attached hydrogens (tertiary/aromatic N) is 2. The van der Waals surface area contributed by atoms with E-state index in [1.165, 1.54) is 5.56 Å². The van der Waals surface area contributed by atoms with E-state index in [9.17, 15) is 4.79 Å². The van der Waals surface area contributed by atoms with Gasteiger partial charge in [-0.25, -0.2) is 4.79 Å². The van der Waals surface area contributed by atoms with Crippen molar-refractivity contribution >= 4 is 5.97 Å². The quantitative estimate of drug-likeness (QED) is 0.875. The van der Waals surface area contributed by atoms with Crippen LogP contribution in [0.2, 0.25) is 0 Å². The Labute approximate surface area is 99.5 Å². The van der Waals surface area contributed by atoms with Crippen LogP contribution in [0.4, 0.5) is 0 Å². The van der Waals surface area contributed by atoms with Crippen molar-refractivity contribution in [2.45, 2.75) is 19.9 Å². The van der Waals surface area contributed by atoms with E-state index < -0.39 is 5.97 Å². The third-order valence-corrected chi connectivity index (χ3v) is 2.66. The number of carbonyl (C=O) groups is 1. The number of benzene rings is 1. The second kappa shape index (κ2) is 4.82. The van der Waals surface area contributed by atoms with Gasteiger partial charge in [-0.15, -0.1) is 0 Å². The molecule has 0 aliphatic rings. The Morgan fingerprint density at radius 2 is 2.06 bits per heavy atom. The number of hydrogen-bond donors (Lipinski definition) is 1. The molecule has 0 atom stereocenters. The van der Waals surface area contributed by atoms with Gasteiger partial charge in [0.2, 0.25) is 0 Å². The maximum absolute atomic E-state index is 10.8. The van der Waals surface area contributed by atoms with E-state index in [0.29, 0.717) is 6.54 Å². The second-order valence-electron chi connectivity index (χ2n) is 3.93. The number of carboxylic acids is 1. The van der Waals surface area contributed by atoms with Crippen molar-refractivity contribution in [2.75, 3.05) is 0 Å². The Kier molecular flexibility index (Phi) is 3.23. The molecule has 0 unspecified atom stereocenters. The maximum Gasteiger partial charge on any atom is 0.356 e. The van der Waals surface area contributed by atoms with Crippen LogP contribution in [-0.2, 0) is 13.0 Å². The molecule has 88 valence electrons. The first kappa shape index (κ1) is 11.4. The Morgan fingerprint density at radius 1 is 1.35 bits per heavy atom. The van der Waals surface area contributed by atoms with E-state index in [-0.39, 0.29) is 5.69 Å². The van der Waals surface area contributed by atoms with Crippen molar-refractivity contribution in [1.82, 2.24) is 9.78 Å². The lowest BCUT2D eigenvalue weighted by Gasteiger charge is -2.04. The van der Waals surface area contributed by atoms with Gasteiger partial charge in [-0.2, -0.15) is 5.10 Å². The van der Waals surface area contributed by atoms with Crippen molar-refractivity contribution in [3.8, 4) is 0 Å². The van der Waals surface area contributed by atoms with E-state index in [1.54, 1.807) is 10.7 Å². The van der Waals surface area contributed by atoms with Crippen LogP contribution in [0.15, 0.2) is 36.4 Å². The summed E-state index contributed by atoms with van der Waals surface area (Å²) in [6.07, 6.45) is 0.850. The summed E-state index contributed by atoms with van der Waals surface area (Å²) >= 11 is 0. The van der Waals surface area contributed by atoms with Gasteiger partial charge in [0, 0.05) is 12.2 Å². The molecule has 2 rings (SSSR count). The Bertz CT molecular complexity index is 517. The molecule has 1 aromatic heterocycles. The molecule has 0 aliphatic heterocycles. The molecule has 0 aliphatic carbocycles. The number of rotatable bonds is 4. The van der Waals surface area contributed by atoms with Crippen LogP contribution in [0.1, 0.15) is 21.7 Å². The predicted octanol–water partition coefficient (Wildman–Crippen LogP) is 2.13. The first-order valence-corrected chi connectivity index (χ1v) is 5.48. The van der Waals surface area contributed by atoms with Gasteiger partial charge in [0.15, 0.2) is 5.69 Å². The largest absolute Gasteiger partial charge is 0.476 e. The fourth-order valence-corrected chi connectivity index (χ4v) is 1.72. The zero-order valence-corrected chi connectivity index (χ0v) is 9.63. The minimum absolute atomic E-state index is 0.107. The molecule has 0 fully saturated rings. The smallest absolute Gasteiger partial charge is 0.356 e. The molecular formula is C13H14N2O2. The highest BCUT2D eigenvalue weighted by Gasteiger charge is 2.09. The van der Waals surface area contributed by atoms with Crippen LogP contribution in [0.5, 0.6) is 0 Å². The molecule has 0 radical (unpaired) electrons. The van der Waals surface area contributed by atoms with Crippen molar-refractivity contribution in [3.05, 3.63) is 53.3 Å². The van der Waals surface area contributed by atoms with Crippen molar-refractivity contribution in [3.63, 3.8) is 0 Å². The molecule has 1 aromatic carbocycles. The predicted molar refractivity (Wildman–Crippen MR) is 64.1 cm³/mol. The molecule has 17 heavy (non-hydrogen) atoms. The Hall–Kier alpha value is -2.10. The number of carboxylic acid groups (broad SMARTS) is 1. The molecule has 1 N–H and O–H groups in total. The third kappa shape index (κ3) is 2.72. The summed E-state index contributed by atoms with van der Waals surface area (Å²) in [5, 5.41) is 12.9. The highest BCUT2D eigenvalue weighted by atomic mass is 16.4. The topological polar surface area (TPSA) is 55.1 Å². The zero-order chi connectivity index (χ0) is 12.3. The van der Waals surface area contributed by atoms with Crippen LogP contribution < -0.4 is 0 Å². The Morgan fingerprint density at radius 3 is 2.65 bits per heavy atom. The average molecular weight is 230 g/mol. The van der Waals surface area contributed by atoms with Gasteiger partial charge in [0.05, 0.1) is 0 Å². The fourth-order valence-electron chi connectivity index (χ4n) is 1.72. The molecule has 2 aromatic rings. The molecule has 0 saturated heterocycles. The Balaban J connectivity index is 2.07. The second-order valence-corrected chi connectivity index (χ2v) is 3.93. The first-order valence-electron chi connectivity index (χ1n) is 5.48. The van der Waals surface area contributed by atoms with Gasteiger partial charge in [0.25, 0.3) is 0 Å². The van der Waals surface area contributed by atoms with Gasteiger partial charge < -0.3 is 5.11 Å². The summed E-state index contributed by atoms with van der Waals surface area (Å²) in [5.74, 6) is -0.980. The van der Waals surface area contributed by atoms with E-state index in [1.807, 2.05) is 25.1 Å². The summed E-state index contributed by atoms with van der Waals surface area (Å²) in [7, 11) is 0. The molecule has 0 spiro atoms. The van der Waals surface area contributed by atoms with E-state index in [2.05, 4.69) is 17.2 Å². The lowest BCUT2D eigenvalue weighted by atomic mass is 10.1. The number of aromatic nitrogens is 2. The standard InChI is InChI=1S/C13H14N2O2/c1-10-9-12(13(16)17)14-15(10)8-7-11-5-3-2-4-6-11/h2-6,9H,7-8H2,1H3,(H,16,17). The average Bonchev–Trinajstić information content (AvgIpc) is 2.70. The summed E-state index contributed by atoms with van der Waals surface area (Å²) in [5.41, 5.74) is 2.20. The molecular weight excluding hydrogens is 216 g/mol. The molecule has 4 nitrogen and oxygen atoms in total. The lowest BCUT2D eigenvalue weighted by Crippen LogP contribution is -2.06. The van der Waals surface area contributed by atoms with Crippen molar-refractivity contribution in [1.29, 1.82) is 0 Å². The van der Waals surface area contributed by atoms with Crippen LogP contribution in [0.25, 0.3) is 0 Å². The lowest BCUT2D eigenvalue weighted by molar-refractivity contribution is 0.0689. The molecule has 0 amide bonds. The first-order chi connectivity index (χ1) is 8.16. The molecule has 0 saturated carbocycles. The molecule has 1 heterocycles. The van der Waals surface area contributed by atoms with Crippen LogP contribution >= 0.6 is 0 Å². The van der Waals surface area contributed by atoms with Crippen LogP contribution in [-0.4, -0.2) is 20.9 Å². The fraction of sp³-hybridized carbons (Fsp3) is 0.231.